The van der Waals surface area contributed by atoms with E-state index in [0.717, 1.165) is 19.3 Å². The molecule has 108 valence electrons. The van der Waals surface area contributed by atoms with Gasteiger partial charge in [0.05, 0.1) is 0 Å². The Hall–Kier alpha value is -2.20. The van der Waals surface area contributed by atoms with Crippen LogP contribution in [-0.2, 0) is 19.4 Å². The maximum atomic E-state index is 13.4. The minimum Gasteiger partial charge on any atom is -0.326 e. The summed E-state index contributed by atoms with van der Waals surface area (Å²) >= 11 is 0. The summed E-state index contributed by atoms with van der Waals surface area (Å²) in [5.74, 6) is -0.535. The molecule has 0 heterocycles. The van der Waals surface area contributed by atoms with Crippen molar-refractivity contribution in [2.24, 2.45) is 5.73 Å². The van der Waals surface area contributed by atoms with E-state index in [9.17, 15) is 9.18 Å². The third-order valence-electron chi connectivity index (χ3n) is 3.88. The van der Waals surface area contributed by atoms with Gasteiger partial charge in [-0.1, -0.05) is 6.07 Å². The predicted molar refractivity (Wildman–Crippen MR) is 80.7 cm³/mol. The first-order valence-corrected chi connectivity index (χ1v) is 7.09. The molecule has 1 amide bonds. The standard InChI is InChI=1S/C17H17FN2O/c18-16-7-6-15(9-14(16)10-19)20-17(21)13-5-4-11-2-1-3-12(11)8-13/h4-9H,1-3,10,19H2,(H,20,21). The monoisotopic (exact) mass is 284 g/mol. The van der Waals surface area contributed by atoms with Crippen molar-refractivity contribution in [3.8, 4) is 0 Å². The second-order valence-electron chi connectivity index (χ2n) is 5.30. The summed E-state index contributed by atoms with van der Waals surface area (Å²) < 4.78 is 13.4. The lowest BCUT2D eigenvalue weighted by molar-refractivity contribution is 0.102. The number of halogens is 1. The fourth-order valence-corrected chi connectivity index (χ4v) is 2.73. The first kappa shape index (κ1) is 13.8. The molecule has 4 heteroatoms. The van der Waals surface area contributed by atoms with Crippen LogP contribution in [0.5, 0.6) is 0 Å². The van der Waals surface area contributed by atoms with Crippen molar-refractivity contribution >= 4 is 11.6 Å². The van der Waals surface area contributed by atoms with Crippen molar-refractivity contribution < 1.29 is 9.18 Å². The van der Waals surface area contributed by atoms with Crippen LogP contribution in [0.2, 0.25) is 0 Å². The zero-order valence-corrected chi connectivity index (χ0v) is 11.7. The molecular weight excluding hydrogens is 267 g/mol. The average molecular weight is 284 g/mol. The molecule has 0 unspecified atom stereocenters. The minimum atomic E-state index is -0.354. The molecule has 2 aromatic rings. The number of carbonyl (C=O) groups excluding carboxylic acids is 1. The van der Waals surface area contributed by atoms with Crippen LogP contribution in [0.15, 0.2) is 36.4 Å². The Morgan fingerprint density at radius 3 is 2.76 bits per heavy atom. The van der Waals surface area contributed by atoms with Crippen LogP contribution >= 0.6 is 0 Å². The van der Waals surface area contributed by atoms with Crippen LogP contribution in [0.1, 0.15) is 33.5 Å². The van der Waals surface area contributed by atoms with Crippen molar-refractivity contribution in [2.45, 2.75) is 25.8 Å². The Bertz CT molecular complexity index is 697. The second kappa shape index (κ2) is 5.66. The Labute approximate surface area is 123 Å². The number of fused-ring (bicyclic) bond motifs is 1. The van der Waals surface area contributed by atoms with Crippen molar-refractivity contribution in [3.05, 3.63) is 64.5 Å². The number of hydrogen-bond acceptors (Lipinski definition) is 2. The molecule has 1 aliphatic carbocycles. The van der Waals surface area contributed by atoms with Gasteiger partial charge in [0.2, 0.25) is 0 Å². The van der Waals surface area contributed by atoms with Crippen molar-refractivity contribution in [3.63, 3.8) is 0 Å². The van der Waals surface area contributed by atoms with E-state index in [1.165, 1.54) is 17.2 Å². The van der Waals surface area contributed by atoms with Crippen LogP contribution in [0.3, 0.4) is 0 Å². The van der Waals surface area contributed by atoms with Gasteiger partial charge in [0, 0.05) is 23.4 Å². The number of nitrogens with two attached hydrogens (primary N) is 1. The Kier molecular flexibility index (Phi) is 3.71. The van der Waals surface area contributed by atoms with Crippen LogP contribution in [0.25, 0.3) is 0 Å². The SMILES string of the molecule is NCc1cc(NC(=O)c2ccc3c(c2)CCC3)ccc1F. The number of benzene rings is 2. The van der Waals surface area contributed by atoms with Gasteiger partial charge in [-0.2, -0.15) is 0 Å². The van der Waals surface area contributed by atoms with Crippen LogP contribution < -0.4 is 11.1 Å². The van der Waals surface area contributed by atoms with Crippen molar-refractivity contribution in [2.75, 3.05) is 5.32 Å². The summed E-state index contributed by atoms with van der Waals surface area (Å²) in [6.45, 7) is 0.106. The number of anilines is 1. The molecule has 0 aliphatic heterocycles. The van der Waals surface area contributed by atoms with Gasteiger partial charge in [-0.3, -0.25) is 4.79 Å². The Morgan fingerprint density at radius 2 is 1.95 bits per heavy atom. The molecule has 0 radical (unpaired) electrons. The summed E-state index contributed by atoms with van der Waals surface area (Å²) in [5, 5.41) is 2.79. The van der Waals surface area contributed by atoms with Gasteiger partial charge in [0.1, 0.15) is 5.82 Å². The topological polar surface area (TPSA) is 55.1 Å². The molecule has 0 aromatic heterocycles. The molecule has 0 spiro atoms. The van der Waals surface area contributed by atoms with E-state index >= 15 is 0 Å². The first-order valence-electron chi connectivity index (χ1n) is 7.09. The summed E-state index contributed by atoms with van der Waals surface area (Å²) in [6.07, 6.45) is 3.28. The van der Waals surface area contributed by atoms with Gasteiger partial charge < -0.3 is 11.1 Å². The van der Waals surface area contributed by atoms with E-state index in [1.807, 2.05) is 18.2 Å². The normalized spacial score (nSPS) is 13.0. The molecule has 0 saturated heterocycles. The molecule has 3 N–H and O–H groups in total. The number of hydrogen-bond donors (Lipinski definition) is 2. The minimum absolute atomic E-state index is 0.106. The quantitative estimate of drug-likeness (QED) is 0.910. The number of amides is 1. The van der Waals surface area contributed by atoms with E-state index < -0.39 is 0 Å². The molecule has 0 bridgehead atoms. The molecule has 0 saturated carbocycles. The maximum Gasteiger partial charge on any atom is 0.255 e. The van der Waals surface area contributed by atoms with Gasteiger partial charge in [0.25, 0.3) is 5.91 Å². The number of aryl methyl sites for hydroxylation is 2. The molecule has 3 rings (SSSR count). The van der Waals surface area contributed by atoms with Gasteiger partial charge in [0.15, 0.2) is 0 Å². The second-order valence-corrected chi connectivity index (χ2v) is 5.30. The fraction of sp³-hybridized carbons (Fsp3) is 0.235. The van der Waals surface area contributed by atoms with E-state index in [-0.39, 0.29) is 18.3 Å². The van der Waals surface area contributed by atoms with Crippen molar-refractivity contribution in [1.82, 2.24) is 0 Å². The molecule has 3 nitrogen and oxygen atoms in total. The van der Waals surface area contributed by atoms with Crippen LogP contribution in [0.4, 0.5) is 10.1 Å². The highest BCUT2D eigenvalue weighted by Gasteiger charge is 2.14. The molecule has 0 fully saturated rings. The maximum absolute atomic E-state index is 13.4. The summed E-state index contributed by atoms with van der Waals surface area (Å²) in [4.78, 5) is 12.3. The lowest BCUT2D eigenvalue weighted by Gasteiger charge is -2.09. The van der Waals surface area contributed by atoms with E-state index in [4.69, 9.17) is 5.73 Å². The van der Waals surface area contributed by atoms with E-state index in [1.54, 1.807) is 12.1 Å². The molecule has 1 aliphatic rings. The van der Waals surface area contributed by atoms with Gasteiger partial charge in [-0.05, 0) is 60.7 Å². The van der Waals surface area contributed by atoms with Crippen LogP contribution in [-0.4, -0.2) is 5.91 Å². The number of nitrogens with one attached hydrogen (secondary N) is 1. The van der Waals surface area contributed by atoms with E-state index in [2.05, 4.69) is 5.32 Å². The average Bonchev–Trinajstić information content (AvgIpc) is 2.96. The smallest absolute Gasteiger partial charge is 0.255 e. The highest BCUT2D eigenvalue weighted by molar-refractivity contribution is 6.04. The Morgan fingerprint density at radius 1 is 1.14 bits per heavy atom. The number of rotatable bonds is 3. The molecular formula is C17H17FN2O. The number of carbonyl (C=O) groups is 1. The first-order chi connectivity index (χ1) is 10.2. The highest BCUT2D eigenvalue weighted by atomic mass is 19.1. The predicted octanol–water partition coefficient (Wildman–Crippen LogP) is 3.03. The zero-order valence-electron chi connectivity index (χ0n) is 11.7. The van der Waals surface area contributed by atoms with E-state index in [0.29, 0.717) is 16.8 Å². The lowest BCUT2D eigenvalue weighted by atomic mass is 10.1. The van der Waals surface area contributed by atoms with Gasteiger partial charge in [-0.25, -0.2) is 4.39 Å². The Balaban J connectivity index is 1.80. The third-order valence-corrected chi connectivity index (χ3v) is 3.88. The summed E-state index contributed by atoms with van der Waals surface area (Å²) in [7, 11) is 0. The molecule has 21 heavy (non-hydrogen) atoms. The van der Waals surface area contributed by atoms with Crippen LogP contribution in [0, 0.1) is 5.82 Å². The van der Waals surface area contributed by atoms with Crippen molar-refractivity contribution in [1.29, 1.82) is 0 Å². The summed E-state index contributed by atoms with van der Waals surface area (Å²) in [5.41, 5.74) is 9.64. The lowest BCUT2D eigenvalue weighted by Crippen LogP contribution is -2.13. The third kappa shape index (κ3) is 2.81. The molecule has 0 atom stereocenters. The van der Waals surface area contributed by atoms with Gasteiger partial charge >= 0.3 is 0 Å². The zero-order chi connectivity index (χ0) is 14.8. The highest BCUT2D eigenvalue weighted by Crippen LogP contribution is 2.23. The summed E-state index contributed by atoms with van der Waals surface area (Å²) in [6, 6.07) is 10.2. The largest absolute Gasteiger partial charge is 0.326 e. The fourth-order valence-electron chi connectivity index (χ4n) is 2.73. The van der Waals surface area contributed by atoms with Gasteiger partial charge in [-0.15, -0.1) is 0 Å². The molecule has 2 aromatic carbocycles.